The highest BCUT2D eigenvalue weighted by Crippen LogP contribution is 2.09. The lowest BCUT2D eigenvalue weighted by molar-refractivity contribution is 0.0714. The molecule has 0 spiro atoms. The number of unbranched alkanes of at least 4 members (excludes halogenated alkanes) is 1. The van der Waals surface area contributed by atoms with Crippen molar-refractivity contribution in [1.82, 2.24) is 9.88 Å². The van der Waals surface area contributed by atoms with E-state index in [4.69, 9.17) is 5.11 Å². The number of hydrogen-bond donors (Lipinski definition) is 1. The molecule has 17 heavy (non-hydrogen) atoms. The van der Waals surface area contributed by atoms with E-state index in [-0.39, 0.29) is 18.7 Å². The molecule has 0 atom stereocenters. The Bertz CT molecular complexity index is 371. The Morgan fingerprint density at radius 1 is 1.53 bits per heavy atom. The Labute approximate surface area is 100 Å². The Hall–Kier alpha value is -1.49. The van der Waals surface area contributed by atoms with E-state index < -0.39 is 11.7 Å². The average Bonchev–Trinajstić information content (AvgIpc) is 2.34. The van der Waals surface area contributed by atoms with Gasteiger partial charge in [0.1, 0.15) is 0 Å². The van der Waals surface area contributed by atoms with Crippen molar-refractivity contribution in [2.75, 3.05) is 19.7 Å². The molecule has 0 aliphatic heterocycles. The van der Waals surface area contributed by atoms with Crippen molar-refractivity contribution >= 4 is 5.91 Å². The summed E-state index contributed by atoms with van der Waals surface area (Å²) in [6.07, 6.45) is 4.17. The topological polar surface area (TPSA) is 53.4 Å². The van der Waals surface area contributed by atoms with Gasteiger partial charge in [0, 0.05) is 19.3 Å². The summed E-state index contributed by atoms with van der Waals surface area (Å²) in [7, 11) is 0. The van der Waals surface area contributed by atoms with Crippen LogP contribution in [0.25, 0.3) is 0 Å². The molecule has 1 N–H and O–H groups in total. The van der Waals surface area contributed by atoms with Crippen LogP contribution in [0.1, 0.15) is 30.1 Å². The number of halogens is 1. The molecule has 5 heteroatoms. The second-order valence-electron chi connectivity index (χ2n) is 3.72. The first-order chi connectivity index (χ1) is 8.20. The Morgan fingerprint density at radius 3 is 2.88 bits per heavy atom. The smallest absolute Gasteiger partial charge is 0.257 e. The molecule has 0 saturated heterocycles. The molecule has 1 aromatic rings. The summed E-state index contributed by atoms with van der Waals surface area (Å²) in [4.78, 5) is 17.1. The van der Waals surface area contributed by atoms with Crippen LogP contribution in [0.3, 0.4) is 0 Å². The molecule has 0 unspecified atom stereocenters. The monoisotopic (exact) mass is 240 g/mol. The maximum Gasteiger partial charge on any atom is 0.257 e. The molecular formula is C12H17FN2O2. The summed E-state index contributed by atoms with van der Waals surface area (Å²) in [6, 6.07) is 1.36. The Kier molecular flexibility index (Phi) is 5.56. The second kappa shape index (κ2) is 6.96. The molecule has 1 amide bonds. The Balaban J connectivity index is 2.80. The van der Waals surface area contributed by atoms with E-state index in [1.165, 1.54) is 17.2 Å². The van der Waals surface area contributed by atoms with Crippen molar-refractivity contribution in [1.29, 1.82) is 0 Å². The zero-order chi connectivity index (χ0) is 12.7. The number of carbonyl (C=O) groups is 1. The standard InChI is InChI=1S/C12H17FN2O2/c1-2-3-6-15(7-8-16)12(17)10-4-5-14-9-11(10)13/h4-5,9,16H,2-3,6-8H2,1H3. The summed E-state index contributed by atoms with van der Waals surface area (Å²) < 4.78 is 13.4. The molecule has 1 aromatic heterocycles. The van der Waals surface area contributed by atoms with Crippen LogP contribution in [0.2, 0.25) is 0 Å². The lowest BCUT2D eigenvalue weighted by Gasteiger charge is -2.21. The van der Waals surface area contributed by atoms with E-state index >= 15 is 0 Å². The van der Waals surface area contributed by atoms with Gasteiger partial charge in [-0.25, -0.2) is 4.39 Å². The fourth-order valence-electron chi connectivity index (χ4n) is 1.50. The number of rotatable bonds is 6. The largest absolute Gasteiger partial charge is 0.395 e. The first kappa shape index (κ1) is 13.6. The summed E-state index contributed by atoms with van der Waals surface area (Å²) >= 11 is 0. The van der Waals surface area contributed by atoms with Crippen LogP contribution in [0, 0.1) is 5.82 Å². The molecule has 0 saturated carbocycles. The number of pyridine rings is 1. The third kappa shape index (κ3) is 3.78. The predicted molar refractivity (Wildman–Crippen MR) is 62.1 cm³/mol. The van der Waals surface area contributed by atoms with E-state index in [1.807, 2.05) is 6.92 Å². The lowest BCUT2D eigenvalue weighted by Crippen LogP contribution is -2.35. The van der Waals surface area contributed by atoms with Gasteiger partial charge in [0.25, 0.3) is 5.91 Å². The number of aromatic nitrogens is 1. The molecule has 0 bridgehead atoms. The normalized spacial score (nSPS) is 10.3. The van der Waals surface area contributed by atoms with Gasteiger partial charge < -0.3 is 10.0 Å². The van der Waals surface area contributed by atoms with Gasteiger partial charge in [-0.05, 0) is 12.5 Å². The van der Waals surface area contributed by atoms with Gasteiger partial charge in [-0.3, -0.25) is 9.78 Å². The first-order valence-electron chi connectivity index (χ1n) is 5.70. The van der Waals surface area contributed by atoms with E-state index in [1.54, 1.807) is 0 Å². The van der Waals surface area contributed by atoms with Crippen molar-refractivity contribution in [3.8, 4) is 0 Å². The maximum atomic E-state index is 13.4. The van der Waals surface area contributed by atoms with E-state index in [9.17, 15) is 9.18 Å². The van der Waals surface area contributed by atoms with Crippen molar-refractivity contribution in [2.45, 2.75) is 19.8 Å². The second-order valence-corrected chi connectivity index (χ2v) is 3.72. The quantitative estimate of drug-likeness (QED) is 0.819. The summed E-state index contributed by atoms with van der Waals surface area (Å²) in [6.45, 7) is 2.63. The number of hydrogen-bond acceptors (Lipinski definition) is 3. The maximum absolute atomic E-state index is 13.4. The number of aliphatic hydroxyl groups is 1. The molecule has 0 aliphatic rings. The molecule has 0 aromatic carbocycles. The zero-order valence-corrected chi connectivity index (χ0v) is 9.90. The molecule has 0 radical (unpaired) electrons. The molecule has 94 valence electrons. The van der Waals surface area contributed by atoms with Gasteiger partial charge in [0.05, 0.1) is 18.4 Å². The summed E-state index contributed by atoms with van der Waals surface area (Å²) in [5.41, 5.74) is 0.00422. The minimum absolute atomic E-state index is 0.00422. The van der Waals surface area contributed by atoms with Crippen LogP contribution >= 0.6 is 0 Å². The van der Waals surface area contributed by atoms with Gasteiger partial charge >= 0.3 is 0 Å². The minimum atomic E-state index is -0.628. The first-order valence-corrected chi connectivity index (χ1v) is 5.70. The number of carbonyl (C=O) groups excluding carboxylic acids is 1. The fourth-order valence-corrected chi connectivity index (χ4v) is 1.50. The third-order valence-electron chi connectivity index (χ3n) is 2.44. The lowest BCUT2D eigenvalue weighted by atomic mass is 10.2. The molecule has 1 heterocycles. The molecule has 4 nitrogen and oxygen atoms in total. The molecule has 0 aliphatic carbocycles. The van der Waals surface area contributed by atoms with Crippen LogP contribution in [0.5, 0.6) is 0 Å². The zero-order valence-electron chi connectivity index (χ0n) is 9.90. The SMILES string of the molecule is CCCCN(CCO)C(=O)c1ccncc1F. The van der Waals surface area contributed by atoms with Crippen LogP contribution in [-0.2, 0) is 0 Å². The number of amides is 1. The highest BCUT2D eigenvalue weighted by Gasteiger charge is 2.18. The van der Waals surface area contributed by atoms with Gasteiger partial charge in [-0.1, -0.05) is 13.3 Å². The van der Waals surface area contributed by atoms with Crippen molar-refractivity contribution in [2.24, 2.45) is 0 Å². The van der Waals surface area contributed by atoms with Crippen LogP contribution in [-0.4, -0.2) is 40.6 Å². The van der Waals surface area contributed by atoms with E-state index in [2.05, 4.69) is 4.98 Å². The number of nitrogens with zero attached hydrogens (tertiary/aromatic N) is 2. The van der Waals surface area contributed by atoms with E-state index in [0.29, 0.717) is 6.54 Å². The van der Waals surface area contributed by atoms with Gasteiger partial charge in [-0.2, -0.15) is 0 Å². The average molecular weight is 240 g/mol. The van der Waals surface area contributed by atoms with Crippen LogP contribution in [0.4, 0.5) is 4.39 Å². The summed E-state index contributed by atoms with van der Waals surface area (Å²) in [5, 5.41) is 8.90. The summed E-state index contributed by atoms with van der Waals surface area (Å²) in [5.74, 6) is -1.02. The van der Waals surface area contributed by atoms with Crippen LogP contribution < -0.4 is 0 Å². The van der Waals surface area contributed by atoms with Gasteiger partial charge in [-0.15, -0.1) is 0 Å². The molecular weight excluding hydrogens is 223 g/mol. The Morgan fingerprint density at radius 2 is 2.29 bits per heavy atom. The highest BCUT2D eigenvalue weighted by atomic mass is 19.1. The molecule has 0 fully saturated rings. The van der Waals surface area contributed by atoms with Crippen molar-refractivity contribution in [3.05, 3.63) is 29.8 Å². The van der Waals surface area contributed by atoms with Gasteiger partial charge in [0.15, 0.2) is 5.82 Å². The molecule has 1 rings (SSSR count). The van der Waals surface area contributed by atoms with E-state index in [0.717, 1.165) is 19.0 Å². The third-order valence-corrected chi connectivity index (χ3v) is 2.44. The number of aliphatic hydroxyl groups excluding tert-OH is 1. The fraction of sp³-hybridized carbons (Fsp3) is 0.500. The minimum Gasteiger partial charge on any atom is -0.395 e. The van der Waals surface area contributed by atoms with Crippen LogP contribution in [0.15, 0.2) is 18.5 Å². The van der Waals surface area contributed by atoms with Gasteiger partial charge in [0.2, 0.25) is 0 Å². The van der Waals surface area contributed by atoms with Crippen molar-refractivity contribution < 1.29 is 14.3 Å². The van der Waals surface area contributed by atoms with Crippen molar-refractivity contribution in [3.63, 3.8) is 0 Å². The predicted octanol–water partition coefficient (Wildman–Crippen LogP) is 1.46. The highest BCUT2D eigenvalue weighted by molar-refractivity contribution is 5.94.